The molecule has 12 nitrogen and oxygen atoms in total. The molecule has 2 heterocycles. The van der Waals surface area contributed by atoms with Crippen molar-refractivity contribution < 1.29 is 47.6 Å². The molecule has 0 bridgehead atoms. The Balaban J connectivity index is 0.818. The van der Waals surface area contributed by atoms with Crippen LogP contribution < -0.4 is 0 Å². The van der Waals surface area contributed by atoms with Crippen LogP contribution in [0.15, 0.2) is 54.6 Å². The molecular formula is C42H56N2O10. The summed E-state index contributed by atoms with van der Waals surface area (Å²) in [4.78, 5) is 53.1. The predicted molar refractivity (Wildman–Crippen MR) is 198 cm³/mol. The second-order valence-electron chi connectivity index (χ2n) is 15.3. The molecule has 2 aromatic rings. The summed E-state index contributed by atoms with van der Waals surface area (Å²) in [5, 5.41) is 0. The Labute approximate surface area is 318 Å². The largest absolute Gasteiger partial charge is 0.469 e. The van der Waals surface area contributed by atoms with E-state index < -0.39 is 0 Å². The number of ether oxygens (including phenoxy) is 6. The van der Waals surface area contributed by atoms with Crippen molar-refractivity contribution in [2.75, 3.05) is 33.3 Å². The van der Waals surface area contributed by atoms with Gasteiger partial charge in [-0.05, 0) is 98.8 Å². The summed E-state index contributed by atoms with van der Waals surface area (Å²) in [7, 11) is 1.43. The van der Waals surface area contributed by atoms with Gasteiger partial charge < -0.3 is 38.2 Å². The Morgan fingerprint density at radius 1 is 0.537 bits per heavy atom. The topological polar surface area (TPSA) is 130 Å². The van der Waals surface area contributed by atoms with E-state index in [1.54, 1.807) is 9.80 Å². The molecule has 2 saturated heterocycles. The van der Waals surface area contributed by atoms with Gasteiger partial charge in [0.2, 0.25) is 0 Å². The molecule has 2 amide bonds. The summed E-state index contributed by atoms with van der Waals surface area (Å²) < 4.78 is 34.2. The van der Waals surface area contributed by atoms with Gasteiger partial charge in [-0.2, -0.15) is 0 Å². The first-order chi connectivity index (χ1) is 26.3. The number of methoxy groups -OCH3 is 1. The van der Waals surface area contributed by atoms with Crippen LogP contribution in [0.25, 0.3) is 0 Å². The van der Waals surface area contributed by atoms with Crippen molar-refractivity contribution in [1.29, 1.82) is 0 Å². The molecule has 0 radical (unpaired) electrons. The third kappa shape index (κ3) is 12.2. The zero-order chi connectivity index (χ0) is 37.7. The van der Waals surface area contributed by atoms with Crippen molar-refractivity contribution in [2.45, 2.75) is 121 Å². The number of likely N-dealkylation sites (tertiary alicyclic amines) is 2. The molecule has 2 unspecified atom stereocenters. The van der Waals surface area contributed by atoms with Crippen molar-refractivity contribution in [1.82, 2.24) is 9.80 Å². The first kappa shape index (κ1) is 39.5. The van der Waals surface area contributed by atoms with E-state index in [4.69, 9.17) is 28.4 Å². The zero-order valence-corrected chi connectivity index (χ0v) is 31.6. The summed E-state index contributed by atoms with van der Waals surface area (Å²) in [6, 6.07) is 17.2. The molecule has 0 spiro atoms. The molecule has 0 N–H and O–H groups in total. The van der Waals surface area contributed by atoms with E-state index in [0.717, 1.165) is 80.9 Å². The maximum absolute atomic E-state index is 12.8. The van der Waals surface area contributed by atoms with Crippen molar-refractivity contribution in [2.24, 2.45) is 11.8 Å². The monoisotopic (exact) mass is 748 g/mol. The molecule has 294 valence electrons. The van der Waals surface area contributed by atoms with E-state index >= 15 is 0 Å². The molecule has 12 heteroatoms. The first-order valence-electron chi connectivity index (χ1n) is 19.8. The fourth-order valence-corrected chi connectivity index (χ4v) is 8.13. The van der Waals surface area contributed by atoms with Crippen LogP contribution >= 0.6 is 0 Å². The fraction of sp³-hybridized carbons (Fsp3) is 0.619. The fourth-order valence-electron chi connectivity index (χ4n) is 8.13. The predicted octanol–water partition coefficient (Wildman–Crippen LogP) is 6.96. The maximum Gasteiger partial charge on any atom is 0.410 e. The van der Waals surface area contributed by atoms with Crippen molar-refractivity contribution in [3.05, 3.63) is 71.3 Å². The van der Waals surface area contributed by atoms with Crippen LogP contribution in [0, 0.1) is 11.8 Å². The Kier molecular flexibility index (Phi) is 14.6. The third-order valence-electron chi connectivity index (χ3n) is 11.3. The molecule has 2 aliphatic carbocycles. The second-order valence-corrected chi connectivity index (χ2v) is 15.3. The van der Waals surface area contributed by atoms with Crippen LogP contribution in [0.3, 0.4) is 0 Å². The minimum atomic E-state index is -0.357. The van der Waals surface area contributed by atoms with Gasteiger partial charge in [0.1, 0.15) is 19.8 Å². The first-order valence-corrected chi connectivity index (χ1v) is 19.8. The molecule has 6 rings (SSSR count). The summed E-state index contributed by atoms with van der Waals surface area (Å²) >= 11 is 0. The maximum atomic E-state index is 12.8. The normalized spacial score (nSPS) is 25.6. The number of nitrogens with zero attached hydrogens (tertiary/aromatic N) is 2. The average molecular weight is 749 g/mol. The average Bonchev–Trinajstić information content (AvgIpc) is 3.87. The van der Waals surface area contributed by atoms with E-state index in [2.05, 4.69) is 0 Å². The minimum absolute atomic E-state index is 0.00542. The molecule has 54 heavy (non-hydrogen) atoms. The minimum Gasteiger partial charge on any atom is -0.469 e. The smallest absolute Gasteiger partial charge is 0.410 e. The van der Waals surface area contributed by atoms with Gasteiger partial charge in [-0.1, -0.05) is 48.5 Å². The molecular weight excluding hydrogens is 692 g/mol. The van der Waals surface area contributed by atoms with Crippen LogP contribution in [0.2, 0.25) is 0 Å². The summed E-state index contributed by atoms with van der Waals surface area (Å²) in [5.41, 5.74) is 2.65. The number of rotatable bonds is 14. The van der Waals surface area contributed by atoms with Gasteiger partial charge in [-0.25, -0.2) is 9.59 Å². The van der Waals surface area contributed by atoms with Crippen LogP contribution in [-0.4, -0.2) is 91.6 Å². The molecule has 2 aliphatic heterocycles. The Hall–Kier alpha value is -4.16. The van der Waals surface area contributed by atoms with Gasteiger partial charge in [0, 0.05) is 25.9 Å². The van der Waals surface area contributed by atoms with Crippen LogP contribution in [0.4, 0.5) is 9.59 Å². The Bertz CT molecular complexity index is 1520. The molecule has 0 aromatic heterocycles. The highest BCUT2D eigenvalue weighted by Gasteiger charge is 2.33. The van der Waals surface area contributed by atoms with Crippen molar-refractivity contribution in [3.8, 4) is 0 Å². The highest BCUT2D eigenvalue weighted by atomic mass is 16.6. The Morgan fingerprint density at radius 2 is 1.00 bits per heavy atom. The standard InChI is InChI=1S/C42H56N2O10/c1-49-39(45)23-30-10-14-35(15-11-30)53-38-19-21-44(26-38)42(48)52-29-34-9-5-8-33(22-34)28-50-40(46)24-31-12-16-36(17-13-31)54-37-18-20-43(25-37)41(47)51-27-32-6-3-2-4-7-32/h2-9,22,30-31,35-38H,10-21,23-29H2,1H3. The second kappa shape index (κ2) is 20.0. The van der Waals surface area contributed by atoms with Gasteiger partial charge in [0.25, 0.3) is 0 Å². The van der Waals surface area contributed by atoms with Gasteiger partial charge >= 0.3 is 24.1 Å². The van der Waals surface area contributed by atoms with E-state index in [-0.39, 0.29) is 74.3 Å². The third-order valence-corrected chi connectivity index (χ3v) is 11.3. The van der Waals surface area contributed by atoms with Gasteiger partial charge in [-0.15, -0.1) is 0 Å². The molecule has 2 saturated carbocycles. The number of hydrogen-bond donors (Lipinski definition) is 0. The van der Waals surface area contributed by atoms with E-state index in [1.807, 2.05) is 54.6 Å². The van der Waals surface area contributed by atoms with E-state index in [1.165, 1.54) is 7.11 Å². The zero-order valence-electron chi connectivity index (χ0n) is 31.6. The lowest BCUT2D eigenvalue weighted by Crippen LogP contribution is -2.33. The number of benzene rings is 2. The number of hydrogen-bond acceptors (Lipinski definition) is 10. The van der Waals surface area contributed by atoms with E-state index in [0.29, 0.717) is 44.9 Å². The van der Waals surface area contributed by atoms with Gasteiger partial charge in [-0.3, -0.25) is 9.59 Å². The van der Waals surface area contributed by atoms with E-state index in [9.17, 15) is 19.2 Å². The molecule has 2 aromatic carbocycles. The lowest BCUT2D eigenvalue weighted by molar-refractivity contribution is -0.146. The summed E-state index contributed by atoms with van der Waals surface area (Å²) in [6.45, 7) is 2.85. The molecule has 2 atom stereocenters. The Morgan fingerprint density at radius 3 is 1.52 bits per heavy atom. The number of carbonyl (C=O) groups is 4. The summed E-state index contributed by atoms with van der Waals surface area (Å²) in [6.07, 6.45) is 9.40. The quantitative estimate of drug-likeness (QED) is 0.148. The SMILES string of the molecule is COC(=O)CC1CCC(OC2CCN(C(=O)OCc3cccc(COC(=O)CC4CCC(OC5CCN(C(=O)OCc6ccccc6)C5)CC4)c3)C2)CC1. The number of esters is 2. The van der Waals surface area contributed by atoms with Gasteiger partial charge in [0.05, 0.1) is 44.6 Å². The lowest BCUT2D eigenvalue weighted by Gasteiger charge is -2.30. The van der Waals surface area contributed by atoms with Gasteiger partial charge in [0.15, 0.2) is 0 Å². The van der Waals surface area contributed by atoms with Crippen LogP contribution in [0.1, 0.15) is 93.7 Å². The molecule has 4 aliphatic rings. The number of carbonyl (C=O) groups excluding carboxylic acids is 4. The summed E-state index contributed by atoms with van der Waals surface area (Å²) in [5.74, 6) is 0.261. The van der Waals surface area contributed by atoms with Crippen molar-refractivity contribution in [3.63, 3.8) is 0 Å². The van der Waals surface area contributed by atoms with Crippen molar-refractivity contribution >= 4 is 24.1 Å². The van der Waals surface area contributed by atoms with Crippen LogP contribution in [0.5, 0.6) is 0 Å². The van der Waals surface area contributed by atoms with Crippen LogP contribution in [-0.2, 0) is 57.8 Å². The highest BCUT2D eigenvalue weighted by molar-refractivity contribution is 5.70. The molecule has 4 fully saturated rings. The number of amides is 2. The lowest BCUT2D eigenvalue weighted by atomic mass is 9.85. The highest BCUT2D eigenvalue weighted by Crippen LogP contribution is 2.32.